The van der Waals surface area contributed by atoms with E-state index in [0.29, 0.717) is 0 Å². The van der Waals surface area contributed by atoms with E-state index in [9.17, 15) is 13.2 Å². The number of hydrogen-bond donors (Lipinski definition) is 3. The van der Waals surface area contributed by atoms with E-state index in [4.69, 9.17) is 14.2 Å². The van der Waals surface area contributed by atoms with Crippen molar-refractivity contribution >= 4 is 11.0 Å². The van der Waals surface area contributed by atoms with Crippen LogP contribution >= 0.6 is 11.0 Å². The number of hydrogen-bond acceptors (Lipinski definition) is 4. The van der Waals surface area contributed by atoms with Crippen molar-refractivity contribution in [3.05, 3.63) is 0 Å². The van der Waals surface area contributed by atoms with Crippen LogP contribution in [0.3, 0.4) is 0 Å². The summed E-state index contributed by atoms with van der Waals surface area (Å²) >= 11 is 0. The first-order chi connectivity index (χ1) is 6.54. The normalized spacial score (nSPS) is 15.1. The monoisotopic (exact) mass is 250 g/mol. The van der Waals surface area contributed by atoms with Crippen LogP contribution in [0.2, 0.25) is 0 Å². The van der Waals surface area contributed by atoms with Gasteiger partial charge in [0, 0.05) is 19.0 Å². The molecule has 4 nitrogen and oxygen atoms in total. The van der Waals surface area contributed by atoms with E-state index in [1.807, 2.05) is 0 Å². The van der Waals surface area contributed by atoms with Crippen LogP contribution in [0.25, 0.3) is 0 Å². The van der Waals surface area contributed by atoms with Gasteiger partial charge in [-0.25, -0.2) is 5.14 Å². The number of nitrogens with two attached hydrogens (primary N) is 1. The van der Waals surface area contributed by atoms with Gasteiger partial charge in [-0.1, -0.05) is 11.0 Å². The molecule has 8 heteroatoms. The highest BCUT2D eigenvalue weighted by molar-refractivity contribution is 8.20. The molecule has 0 aromatic heterocycles. The fourth-order valence-corrected chi connectivity index (χ4v) is 2.16. The van der Waals surface area contributed by atoms with Crippen LogP contribution in [-0.4, -0.2) is 32.2 Å². The molecule has 0 heterocycles. The maximum absolute atomic E-state index is 11.8. The standard InChI is InChI=1S/C7H17F3N2O2S/c1-6(2)12(15(11,13)14)5-3-4-7(8,9)10/h6,13-14H,3-5,11H2,1-2H3. The second kappa shape index (κ2) is 5.35. The Bertz CT molecular complexity index is 194. The Morgan fingerprint density at radius 2 is 1.80 bits per heavy atom. The van der Waals surface area contributed by atoms with Crippen molar-refractivity contribution in [2.24, 2.45) is 5.14 Å². The van der Waals surface area contributed by atoms with Gasteiger partial charge in [-0.05, 0) is 20.3 Å². The largest absolute Gasteiger partial charge is 0.389 e. The Morgan fingerprint density at radius 3 is 2.07 bits per heavy atom. The minimum Gasteiger partial charge on any atom is -0.273 e. The van der Waals surface area contributed by atoms with Crippen molar-refractivity contribution < 1.29 is 22.3 Å². The van der Waals surface area contributed by atoms with Gasteiger partial charge in [0.05, 0.1) is 0 Å². The maximum Gasteiger partial charge on any atom is 0.389 e. The minimum absolute atomic E-state index is 0.0873. The van der Waals surface area contributed by atoms with E-state index in [-0.39, 0.29) is 19.0 Å². The first-order valence-electron chi connectivity index (χ1n) is 4.43. The summed E-state index contributed by atoms with van der Waals surface area (Å²) in [4.78, 5) is 0. The number of rotatable bonds is 5. The first kappa shape index (κ1) is 15.0. The second-order valence-corrected chi connectivity index (χ2v) is 5.11. The fraction of sp³-hybridized carbons (Fsp3) is 1.00. The lowest BCUT2D eigenvalue weighted by molar-refractivity contribution is -0.135. The van der Waals surface area contributed by atoms with Gasteiger partial charge < -0.3 is 0 Å². The Labute approximate surface area is 88.9 Å². The molecule has 0 aliphatic heterocycles. The van der Waals surface area contributed by atoms with E-state index < -0.39 is 23.6 Å². The average Bonchev–Trinajstić information content (AvgIpc) is 1.92. The van der Waals surface area contributed by atoms with Gasteiger partial charge in [0.15, 0.2) is 0 Å². The number of nitrogens with zero attached hydrogens (tertiary/aromatic N) is 1. The summed E-state index contributed by atoms with van der Waals surface area (Å²) in [5.74, 6) is 0. The van der Waals surface area contributed by atoms with Gasteiger partial charge in [-0.3, -0.25) is 9.11 Å². The molecule has 0 radical (unpaired) electrons. The fourth-order valence-electron chi connectivity index (χ4n) is 1.14. The van der Waals surface area contributed by atoms with Crippen molar-refractivity contribution in [2.45, 2.75) is 38.9 Å². The second-order valence-electron chi connectivity index (χ2n) is 3.51. The van der Waals surface area contributed by atoms with Gasteiger partial charge in [0.25, 0.3) is 0 Å². The maximum atomic E-state index is 11.8. The molecule has 0 unspecified atom stereocenters. The minimum atomic E-state index is -4.22. The topological polar surface area (TPSA) is 69.7 Å². The van der Waals surface area contributed by atoms with Crippen LogP contribution in [0, 0.1) is 0 Å². The molecule has 0 fully saturated rings. The van der Waals surface area contributed by atoms with Crippen molar-refractivity contribution in [3.63, 3.8) is 0 Å². The van der Waals surface area contributed by atoms with Crippen LogP contribution < -0.4 is 5.14 Å². The molecule has 0 atom stereocenters. The molecular weight excluding hydrogens is 233 g/mol. The van der Waals surface area contributed by atoms with E-state index in [1.54, 1.807) is 13.8 Å². The molecule has 0 saturated carbocycles. The highest BCUT2D eigenvalue weighted by Gasteiger charge is 2.28. The quantitative estimate of drug-likeness (QED) is 0.701. The van der Waals surface area contributed by atoms with Crippen molar-refractivity contribution in [2.75, 3.05) is 6.54 Å². The predicted molar refractivity (Wildman–Crippen MR) is 54.2 cm³/mol. The third-order valence-corrected chi connectivity index (χ3v) is 3.05. The SMILES string of the molecule is CC(C)N(CCCC(F)(F)F)S(N)(O)O. The molecule has 0 saturated heterocycles. The smallest absolute Gasteiger partial charge is 0.273 e. The summed E-state index contributed by atoms with van der Waals surface area (Å²) in [6, 6.07) is -0.312. The Balaban J connectivity index is 4.11. The first-order valence-corrected chi connectivity index (χ1v) is 6.00. The van der Waals surface area contributed by atoms with E-state index >= 15 is 0 Å². The molecule has 0 aromatic rings. The molecule has 0 aromatic carbocycles. The molecule has 0 aliphatic rings. The molecule has 94 valence electrons. The lowest BCUT2D eigenvalue weighted by Crippen LogP contribution is -2.38. The number of halogens is 3. The van der Waals surface area contributed by atoms with Gasteiger partial charge in [-0.2, -0.15) is 17.5 Å². The molecule has 0 spiro atoms. The highest BCUT2D eigenvalue weighted by Crippen LogP contribution is 2.36. The van der Waals surface area contributed by atoms with Crippen molar-refractivity contribution in [1.82, 2.24) is 4.31 Å². The highest BCUT2D eigenvalue weighted by atomic mass is 32.3. The third-order valence-electron chi connectivity index (χ3n) is 1.76. The van der Waals surface area contributed by atoms with Crippen LogP contribution in [0.15, 0.2) is 0 Å². The number of alkyl halides is 3. The van der Waals surface area contributed by atoms with Crippen LogP contribution in [0.1, 0.15) is 26.7 Å². The van der Waals surface area contributed by atoms with Gasteiger partial charge in [-0.15, -0.1) is 0 Å². The van der Waals surface area contributed by atoms with Crippen LogP contribution in [0.5, 0.6) is 0 Å². The Kier molecular flexibility index (Phi) is 5.34. The van der Waals surface area contributed by atoms with Crippen molar-refractivity contribution in [3.8, 4) is 0 Å². The molecule has 0 amide bonds. The van der Waals surface area contributed by atoms with Gasteiger partial charge in [0.2, 0.25) is 0 Å². The summed E-state index contributed by atoms with van der Waals surface area (Å²) in [6.07, 6.45) is -5.37. The summed E-state index contributed by atoms with van der Waals surface area (Å²) in [5, 5.41) is 5.07. The summed E-state index contributed by atoms with van der Waals surface area (Å²) in [6.45, 7) is 3.18. The molecule has 15 heavy (non-hydrogen) atoms. The van der Waals surface area contributed by atoms with Crippen molar-refractivity contribution in [1.29, 1.82) is 0 Å². The Morgan fingerprint density at radius 1 is 1.33 bits per heavy atom. The summed E-state index contributed by atoms with van der Waals surface area (Å²) < 4.78 is 54.9. The predicted octanol–water partition coefficient (Wildman–Crippen LogP) is 2.58. The van der Waals surface area contributed by atoms with Crippen LogP contribution in [0.4, 0.5) is 13.2 Å². The average molecular weight is 250 g/mol. The lowest BCUT2D eigenvalue weighted by atomic mass is 10.3. The van der Waals surface area contributed by atoms with Gasteiger partial charge >= 0.3 is 6.18 Å². The molecule has 0 aliphatic carbocycles. The molecule has 4 N–H and O–H groups in total. The van der Waals surface area contributed by atoms with E-state index in [2.05, 4.69) is 0 Å². The Hall–Kier alpha value is -0.0200. The van der Waals surface area contributed by atoms with E-state index in [1.165, 1.54) is 0 Å². The summed E-state index contributed by atoms with van der Waals surface area (Å²) in [5.41, 5.74) is 0. The summed E-state index contributed by atoms with van der Waals surface area (Å²) in [7, 11) is -3.42. The third kappa shape index (κ3) is 6.96. The molecule has 0 rings (SSSR count). The zero-order chi connectivity index (χ0) is 12.3. The molecule has 0 bridgehead atoms. The zero-order valence-corrected chi connectivity index (χ0v) is 9.48. The van der Waals surface area contributed by atoms with Crippen LogP contribution in [-0.2, 0) is 0 Å². The lowest BCUT2D eigenvalue weighted by Gasteiger charge is -2.41. The van der Waals surface area contributed by atoms with Gasteiger partial charge in [0.1, 0.15) is 0 Å². The zero-order valence-electron chi connectivity index (χ0n) is 8.66. The molecular formula is C7H17F3N2O2S. The van der Waals surface area contributed by atoms with E-state index in [0.717, 1.165) is 4.31 Å².